The van der Waals surface area contributed by atoms with Crippen LogP contribution in [0.25, 0.3) is 43.7 Å². The predicted molar refractivity (Wildman–Crippen MR) is 208 cm³/mol. The molecule has 0 unspecified atom stereocenters. The van der Waals surface area contributed by atoms with E-state index in [0.29, 0.717) is 32.1 Å². The molecule has 50 heavy (non-hydrogen) atoms. The van der Waals surface area contributed by atoms with E-state index in [9.17, 15) is 0 Å². The number of pyridine rings is 1. The van der Waals surface area contributed by atoms with E-state index >= 15 is 0 Å². The van der Waals surface area contributed by atoms with Crippen LogP contribution in [-0.4, -0.2) is 41.4 Å². The van der Waals surface area contributed by atoms with Gasteiger partial charge in [0.25, 0.3) is 0 Å². The Hall–Kier alpha value is -3.87. The second kappa shape index (κ2) is 20.1. The third kappa shape index (κ3) is 9.88. The average molecular weight is 682 g/mol. The summed E-state index contributed by atoms with van der Waals surface area (Å²) in [6, 6.07) is 12.4. The summed E-state index contributed by atoms with van der Waals surface area (Å²) in [7, 11) is 0. The first-order valence-electron chi connectivity index (χ1n) is 19.7. The van der Waals surface area contributed by atoms with Gasteiger partial charge >= 0.3 is 0 Å². The second-order valence-corrected chi connectivity index (χ2v) is 13.6. The number of rotatable bonds is 24. The first-order chi connectivity index (χ1) is 24.7. The highest BCUT2D eigenvalue weighted by molar-refractivity contribution is 6.24. The van der Waals surface area contributed by atoms with Crippen molar-refractivity contribution < 1.29 is 18.9 Å². The molecule has 0 fully saturated rings. The van der Waals surface area contributed by atoms with Crippen LogP contribution in [0.4, 0.5) is 0 Å². The molecule has 2 heterocycles. The summed E-state index contributed by atoms with van der Waals surface area (Å²) in [5.74, 6) is 3.07. The maximum absolute atomic E-state index is 6.52. The molecule has 0 aliphatic carbocycles. The van der Waals surface area contributed by atoms with Gasteiger partial charge in [0.1, 0.15) is 5.52 Å². The summed E-state index contributed by atoms with van der Waals surface area (Å²) in [6.07, 6.45) is 20.0. The maximum atomic E-state index is 6.52. The van der Waals surface area contributed by atoms with Gasteiger partial charge in [-0.25, -0.2) is 15.0 Å². The number of nitrogens with zero attached hydrogens (tertiary/aromatic N) is 3. The number of benzene rings is 3. The molecule has 7 heteroatoms. The lowest BCUT2D eigenvalue weighted by molar-refractivity contribution is 0.259. The number of hydrogen-bond donors (Lipinski definition) is 0. The average Bonchev–Trinajstić information content (AvgIpc) is 3.14. The van der Waals surface area contributed by atoms with Gasteiger partial charge in [0.05, 0.1) is 37.5 Å². The van der Waals surface area contributed by atoms with Crippen molar-refractivity contribution in [3.05, 3.63) is 42.6 Å². The maximum Gasteiger partial charge on any atom is 0.178 e. The van der Waals surface area contributed by atoms with Gasteiger partial charge in [-0.1, -0.05) is 105 Å². The van der Waals surface area contributed by atoms with Crippen LogP contribution in [0.5, 0.6) is 23.0 Å². The van der Waals surface area contributed by atoms with E-state index in [1.165, 1.54) is 51.4 Å². The van der Waals surface area contributed by atoms with E-state index in [4.69, 9.17) is 28.9 Å². The molecule has 2 aromatic heterocycles. The van der Waals surface area contributed by atoms with Gasteiger partial charge in [-0.05, 0) is 72.9 Å². The predicted octanol–water partition coefficient (Wildman–Crippen LogP) is 12.3. The van der Waals surface area contributed by atoms with Crippen molar-refractivity contribution in [3.63, 3.8) is 0 Å². The molecule has 5 aromatic rings. The van der Waals surface area contributed by atoms with E-state index in [2.05, 4.69) is 56.9 Å². The van der Waals surface area contributed by atoms with Gasteiger partial charge in [-0.2, -0.15) is 0 Å². The van der Waals surface area contributed by atoms with Crippen molar-refractivity contribution in [3.8, 4) is 23.0 Å². The minimum absolute atomic E-state index is 0.623. The molecule has 0 amide bonds. The lowest BCUT2D eigenvalue weighted by Gasteiger charge is -2.19. The Labute approximate surface area is 299 Å². The summed E-state index contributed by atoms with van der Waals surface area (Å²) in [5, 5.41) is 4.02. The SMILES string of the molecule is CCCCCCOc1cc2c3cc(OCCCCCC)c(OCCCCCC)cc3c3nc4ncccc4nc3c2cc1OCCCCCC. The van der Waals surface area contributed by atoms with Gasteiger partial charge in [-0.3, -0.25) is 0 Å². The zero-order valence-electron chi connectivity index (χ0n) is 31.2. The zero-order chi connectivity index (χ0) is 35.0. The van der Waals surface area contributed by atoms with Crippen molar-refractivity contribution in [2.24, 2.45) is 0 Å². The van der Waals surface area contributed by atoms with E-state index in [0.717, 1.165) is 112 Å². The summed E-state index contributed by atoms with van der Waals surface area (Å²) in [6.45, 7) is 11.5. The van der Waals surface area contributed by atoms with Gasteiger partial charge < -0.3 is 18.9 Å². The third-order valence-electron chi connectivity index (χ3n) is 9.43. The molecule has 0 aliphatic heterocycles. The number of aromatic nitrogens is 3. The Morgan fingerprint density at radius 2 is 0.820 bits per heavy atom. The molecular formula is C43H59N3O4. The Morgan fingerprint density at radius 3 is 1.22 bits per heavy atom. The molecular weight excluding hydrogens is 622 g/mol. The van der Waals surface area contributed by atoms with Crippen LogP contribution in [0.3, 0.4) is 0 Å². The van der Waals surface area contributed by atoms with Crippen molar-refractivity contribution in [2.45, 2.75) is 130 Å². The Bertz CT molecular complexity index is 1660. The molecule has 270 valence electrons. The molecule has 0 saturated carbocycles. The molecule has 0 N–H and O–H groups in total. The smallest absolute Gasteiger partial charge is 0.178 e. The van der Waals surface area contributed by atoms with Crippen LogP contribution >= 0.6 is 0 Å². The number of ether oxygens (including phenoxy) is 4. The number of unbranched alkanes of at least 4 members (excludes halogenated alkanes) is 12. The second-order valence-electron chi connectivity index (χ2n) is 13.6. The fourth-order valence-electron chi connectivity index (χ4n) is 6.52. The lowest BCUT2D eigenvalue weighted by atomic mass is 9.98. The van der Waals surface area contributed by atoms with E-state index in [-0.39, 0.29) is 0 Å². The Morgan fingerprint density at radius 1 is 0.440 bits per heavy atom. The molecule has 5 rings (SSSR count). The van der Waals surface area contributed by atoms with Gasteiger partial charge in [0.2, 0.25) is 0 Å². The summed E-state index contributed by atoms with van der Waals surface area (Å²) in [5.41, 5.74) is 3.00. The highest BCUT2D eigenvalue weighted by Crippen LogP contribution is 2.44. The van der Waals surface area contributed by atoms with Gasteiger partial charge in [0.15, 0.2) is 28.6 Å². The Kier molecular flexibility index (Phi) is 15.0. The highest BCUT2D eigenvalue weighted by atomic mass is 16.5. The Balaban J connectivity index is 1.66. The first-order valence-corrected chi connectivity index (χ1v) is 19.7. The quantitative estimate of drug-likeness (QED) is 0.0364. The normalized spacial score (nSPS) is 11.6. The first kappa shape index (κ1) is 37.4. The molecule has 0 atom stereocenters. The molecule has 7 nitrogen and oxygen atoms in total. The molecule has 3 aromatic carbocycles. The van der Waals surface area contributed by atoms with E-state index in [1.54, 1.807) is 6.20 Å². The van der Waals surface area contributed by atoms with Crippen LogP contribution in [0, 0.1) is 0 Å². The fourth-order valence-corrected chi connectivity index (χ4v) is 6.52. The summed E-state index contributed by atoms with van der Waals surface area (Å²) in [4.78, 5) is 14.9. The zero-order valence-corrected chi connectivity index (χ0v) is 31.2. The van der Waals surface area contributed by atoms with Crippen molar-refractivity contribution in [1.29, 1.82) is 0 Å². The van der Waals surface area contributed by atoms with E-state index < -0.39 is 0 Å². The molecule has 0 bridgehead atoms. The van der Waals surface area contributed by atoms with Gasteiger partial charge in [0, 0.05) is 17.0 Å². The lowest BCUT2D eigenvalue weighted by Crippen LogP contribution is -2.04. The fraction of sp³-hybridized carbons (Fsp3) is 0.558. The minimum atomic E-state index is 0.623. The summed E-state index contributed by atoms with van der Waals surface area (Å²) < 4.78 is 26.0. The standard InChI is InChI=1S/C43H59N3O4/c1-5-9-13-17-24-47-37-28-32-33-29-38(48-25-18-14-10-6-2)40(50-27-20-16-12-8-4)31-35(33)42-41(45-36-22-21-23-44-43(36)46-42)34(32)30-39(37)49-26-19-15-11-7-3/h21-23,28-31H,5-20,24-27H2,1-4H3. The van der Waals surface area contributed by atoms with Crippen LogP contribution in [0.15, 0.2) is 42.6 Å². The van der Waals surface area contributed by atoms with E-state index in [1.807, 2.05) is 12.1 Å². The van der Waals surface area contributed by atoms with Crippen LogP contribution in [-0.2, 0) is 0 Å². The van der Waals surface area contributed by atoms with Crippen molar-refractivity contribution in [2.75, 3.05) is 26.4 Å². The minimum Gasteiger partial charge on any atom is -0.490 e. The molecule has 0 aliphatic rings. The van der Waals surface area contributed by atoms with Gasteiger partial charge in [-0.15, -0.1) is 0 Å². The van der Waals surface area contributed by atoms with Crippen molar-refractivity contribution >= 4 is 43.7 Å². The molecule has 0 radical (unpaired) electrons. The topological polar surface area (TPSA) is 75.6 Å². The van der Waals surface area contributed by atoms with Crippen LogP contribution < -0.4 is 18.9 Å². The van der Waals surface area contributed by atoms with Crippen molar-refractivity contribution in [1.82, 2.24) is 15.0 Å². The largest absolute Gasteiger partial charge is 0.490 e. The molecule has 0 spiro atoms. The summed E-state index contributed by atoms with van der Waals surface area (Å²) >= 11 is 0. The monoisotopic (exact) mass is 681 g/mol. The van der Waals surface area contributed by atoms with Crippen LogP contribution in [0.2, 0.25) is 0 Å². The highest BCUT2D eigenvalue weighted by Gasteiger charge is 2.20. The number of hydrogen-bond acceptors (Lipinski definition) is 7. The number of fused-ring (bicyclic) bond motifs is 7. The third-order valence-corrected chi connectivity index (χ3v) is 9.43. The van der Waals surface area contributed by atoms with Crippen LogP contribution in [0.1, 0.15) is 130 Å². The molecule has 0 saturated heterocycles.